The minimum atomic E-state index is -1.23. The van der Waals surface area contributed by atoms with E-state index in [4.69, 9.17) is 5.73 Å². The molecule has 0 saturated carbocycles. The molecule has 0 fully saturated rings. The summed E-state index contributed by atoms with van der Waals surface area (Å²) >= 11 is 3.30. The number of para-hydroxylation sites is 1. The number of carboxylic acids is 1. The van der Waals surface area contributed by atoms with Gasteiger partial charge >= 0.3 is 29.6 Å². The Labute approximate surface area is 152 Å². The molecular weight excluding hydrogens is 345 g/mol. The summed E-state index contributed by atoms with van der Waals surface area (Å²) in [7, 11) is 0. The minimum Gasteiger partial charge on any atom is -0.550 e. The molecule has 0 radical (unpaired) electrons. The topological polar surface area (TPSA) is 83.2 Å². The van der Waals surface area contributed by atoms with E-state index in [1.807, 2.05) is 0 Å². The van der Waals surface area contributed by atoms with Crippen molar-refractivity contribution in [2.24, 2.45) is 0 Å². The Balaban J connectivity index is 0.00000220. The third-order valence-electron chi connectivity index (χ3n) is 2.88. The predicted molar refractivity (Wildman–Crippen MR) is 77.1 cm³/mol. The van der Waals surface area contributed by atoms with E-state index < -0.39 is 5.97 Å². The molecule has 0 bridgehead atoms. The fourth-order valence-corrected chi connectivity index (χ4v) is 2.14. The van der Waals surface area contributed by atoms with E-state index in [0.29, 0.717) is 16.7 Å². The van der Waals surface area contributed by atoms with Crippen LogP contribution < -0.4 is 40.4 Å². The van der Waals surface area contributed by atoms with Gasteiger partial charge in [0.25, 0.3) is 0 Å². The van der Waals surface area contributed by atoms with Crippen LogP contribution >= 0.6 is 15.9 Å². The molecular formula is C15H11BrNNaO3. The van der Waals surface area contributed by atoms with Crippen molar-refractivity contribution in [3.63, 3.8) is 0 Å². The number of carbonyl (C=O) groups is 2. The Morgan fingerprint density at radius 3 is 2.29 bits per heavy atom. The quantitative estimate of drug-likeness (QED) is 0.413. The molecule has 2 rings (SSSR count). The molecule has 0 heterocycles. The number of nitrogen functional groups attached to an aromatic ring is 1. The number of carbonyl (C=O) groups excluding carboxylic acids is 2. The predicted octanol–water partition coefficient (Wildman–Crippen LogP) is -1.44. The molecule has 2 aromatic rings. The SMILES string of the molecule is Nc1c(CC(=O)[O-])cccc1C(=O)c1ccc(Br)cc1.[Na+]. The number of rotatable bonds is 4. The Morgan fingerprint density at radius 1 is 1.10 bits per heavy atom. The molecule has 102 valence electrons. The molecule has 0 atom stereocenters. The number of hydrogen-bond donors (Lipinski definition) is 1. The van der Waals surface area contributed by atoms with Crippen LogP contribution in [0.15, 0.2) is 46.9 Å². The molecule has 0 unspecified atom stereocenters. The Kier molecular flexibility index (Phi) is 6.61. The minimum absolute atomic E-state index is 0. The first-order chi connectivity index (χ1) is 9.49. The van der Waals surface area contributed by atoms with Crippen molar-refractivity contribution in [3.05, 3.63) is 63.6 Å². The Bertz CT molecular complexity index is 671. The van der Waals surface area contributed by atoms with Gasteiger partial charge in [0.1, 0.15) is 0 Å². The number of anilines is 1. The molecule has 0 aliphatic heterocycles. The van der Waals surface area contributed by atoms with Gasteiger partial charge in [-0.3, -0.25) is 4.79 Å². The fraction of sp³-hybridized carbons (Fsp3) is 0.0667. The molecule has 0 aliphatic rings. The molecule has 6 heteroatoms. The van der Waals surface area contributed by atoms with E-state index in [1.54, 1.807) is 42.5 Å². The van der Waals surface area contributed by atoms with E-state index in [-0.39, 0.29) is 47.4 Å². The average Bonchev–Trinajstić information content (AvgIpc) is 2.41. The van der Waals surface area contributed by atoms with Crippen molar-refractivity contribution in [2.45, 2.75) is 6.42 Å². The number of nitrogens with two attached hydrogens (primary N) is 1. The summed E-state index contributed by atoms with van der Waals surface area (Å²) in [6.45, 7) is 0. The molecule has 2 N–H and O–H groups in total. The van der Waals surface area contributed by atoms with Crippen LogP contribution in [0.3, 0.4) is 0 Å². The molecule has 0 saturated heterocycles. The maximum Gasteiger partial charge on any atom is 1.00 e. The summed E-state index contributed by atoms with van der Waals surface area (Å²) in [6, 6.07) is 11.6. The van der Waals surface area contributed by atoms with E-state index in [9.17, 15) is 14.7 Å². The summed E-state index contributed by atoms with van der Waals surface area (Å²) < 4.78 is 0.868. The molecule has 0 amide bonds. The second kappa shape index (κ2) is 7.75. The van der Waals surface area contributed by atoms with Gasteiger partial charge in [0, 0.05) is 33.7 Å². The molecule has 0 aromatic heterocycles. The van der Waals surface area contributed by atoms with Gasteiger partial charge in [-0.15, -0.1) is 0 Å². The zero-order valence-corrected chi connectivity index (χ0v) is 15.0. The summed E-state index contributed by atoms with van der Waals surface area (Å²) in [5.41, 5.74) is 7.23. The molecule has 4 nitrogen and oxygen atoms in total. The summed E-state index contributed by atoms with van der Waals surface area (Å²) in [6.07, 6.45) is -0.312. The van der Waals surface area contributed by atoms with Crippen molar-refractivity contribution in [3.8, 4) is 0 Å². The van der Waals surface area contributed by atoms with Crippen molar-refractivity contribution in [2.75, 3.05) is 5.73 Å². The van der Waals surface area contributed by atoms with Crippen molar-refractivity contribution >= 4 is 33.4 Å². The van der Waals surface area contributed by atoms with Crippen LogP contribution in [0.4, 0.5) is 5.69 Å². The zero-order valence-electron chi connectivity index (χ0n) is 11.4. The molecule has 2 aromatic carbocycles. The monoisotopic (exact) mass is 355 g/mol. The van der Waals surface area contributed by atoms with Crippen LogP contribution in [-0.2, 0) is 11.2 Å². The maximum atomic E-state index is 12.4. The fourth-order valence-electron chi connectivity index (χ4n) is 1.88. The van der Waals surface area contributed by atoms with Gasteiger partial charge in [-0.1, -0.05) is 28.1 Å². The number of benzene rings is 2. The number of carboxylic acid groups (broad SMARTS) is 1. The molecule has 0 spiro atoms. The smallest absolute Gasteiger partial charge is 0.550 e. The standard InChI is InChI=1S/C15H12BrNO3.Na/c16-11-6-4-9(5-7-11)15(20)12-3-1-2-10(14(12)17)8-13(18)19;/h1-7H,8,17H2,(H,18,19);/q;+1/p-1. The van der Waals surface area contributed by atoms with Crippen LogP contribution in [0.2, 0.25) is 0 Å². The van der Waals surface area contributed by atoms with E-state index in [1.165, 1.54) is 0 Å². The number of hydrogen-bond acceptors (Lipinski definition) is 4. The van der Waals surface area contributed by atoms with Crippen LogP contribution in [0.5, 0.6) is 0 Å². The number of aliphatic carboxylic acids is 1. The number of halogens is 1. The third-order valence-corrected chi connectivity index (χ3v) is 3.41. The van der Waals surface area contributed by atoms with Crippen molar-refractivity contribution in [1.29, 1.82) is 0 Å². The maximum absolute atomic E-state index is 12.4. The molecule has 0 aliphatic carbocycles. The zero-order chi connectivity index (χ0) is 14.7. The second-order valence-electron chi connectivity index (χ2n) is 4.26. The molecule has 21 heavy (non-hydrogen) atoms. The Morgan fingerprint density at radius 2 is 1.71 bits per heavy atom. The largest absolute Gasteiger partial charge is 1.00 e. The Hall–Kier alpha value is -1.14. The van der Waals surface area contributed by atoms with Gasteiger partial charge in [-0.05, 0) is 35.9 Å². The summed E-state index contributed by atoms with van der Waals surface area (Å²) in [5, 5.41) is 10.7. The van der Waals surface area contributed by atoms with Crippen LogP contribution in [0.25, 0.3) is 0 Å². The summed E-state index contributed by atoms with van der Waals surface area (Å²) in [4.78, 5) is 23.0. The van der Waals surface area contributed by atoms with Crippen molar-refractivity contribution in [1.82, 2.24) is 0 Å². The first-order valence-corrected chi connectivity index (χ1v) is 6.66. The van der Waals surface area contributed by atoms with E-state index >= 15 is 0 Å². The first kappa shape index (κ1) is 17.9. The van der Waals surface area contributed by atoms with Crippen LogP contribution in [0, 0.1) is 0 Å². The van der Waals surface area contributed by atoms with Crippen molar-refractivity contribution < 1.29 is 44.3 Å². The van der Waals surface area contributed by atoms with Gasteiger partial charge < -0.3 is 15.6 Å². The average molecular weight is 356 g/mol. The van der Waals surface area contributed by atoms with Crippen LogP contribution in [0.1, 0.15) is 21.5 Å². The van der Waals surface area contributed by atoms with Gasteiger partial charge in [0.05, 0.1) is 0 Å². The second-order valence-corrected chi connectivity index (χ2v) is 5.18. The van der Waals surface area contributed by atoms with Crippen LogP contribution in [-0.4, -0.2) is 11.8 Å². The number of ketones is 1. The van der Waals surface area contributed by atoms with Gasteiger partial charge in [0.2, 0.25) is 0 Å². The third kappa shape index (κ3) is 4.41. The van der Waals surface area contributed by atoms with E-state index in [2.05, 4.69) is 15.9 Å². The van der Waals surface area contributed by atoms with Gasteiger partial charge in [-0.2, -0.15) is 0 Å². The summed E-state index contributed by atoms with van der Waals surface area (Å²) in [5.74, 6) is -1.47. The normalized spacial score (nSPS) is 9.76. The first-order valence-electron chi connectivity index (χ1n) is 5.86. The van der Waals surface area contributed by atoms with Gasteiger partial charge in [0.15, 0.2) is 5.78 Å². The van der Waals surface area contributed by atoms with Gasteiger partial charge in [-0.25, -0.2) is 0 Å². The van der Waals surface area contributed by atoms with E-state index in [0.717, 1.165) is 4.47 Å².